The summed E-state index contributed by atoms with van der Waals surface area (Å²) in [5.74, 6) is 0.368. The van der Waals surface area contributed by atoms with Crippen LogP contribution in [0.25, 0.3) is 11.2 Å². The fraction of sp³-hybridized carbons (Fsp3) is 0.320. The molecule has 0 saturated carbocycles. The lowest BCUT2D eigenvalue weighted by atomic mass is 9.79. The smallest absolute Gasteiger partial charge is 0.182 e. The number of aromatic nitrogens is 4. The first-order chi connectivity index (χ1) is 16.1. The summed E-state index contributed by atoms with van der Waals surface area (Å²) in [5, 5.41) is 11.2. The molecule has 1 unspecified atom stereocenters. The quantitative estimate of drug-likeness (QED) is 0.470. The molecule has 8 nitrogen and oxygen atoms in total. The van der Waals surface area contributed by atoms with Crippen LogP contribution in [0.5, 0.6) is 0 Å². The van der Waals surface area contributed by atoms with E-state index < -0.39 is 6.10 Å². The van der Waals surface area contributed by atoms with E-state index in [2.05, 4.69) is 80.3 Å². The van der Waals surface area contributed by atoms with Gasteiger partial charge in [0, 0.05) is 26.2 Å². The number of hydrogen-bond acceptors (Lipinski definition) is 7. The topological polar surface area (TPSA) is 96.3 Å². The van der Waals surface area contributed by atoms with Gasteiger partial charge in [-0.1, -0.05) is 60.7 Å². The number of nitrogens with zero attached hydrogens (tertiary/aromatic N) is 6. The maximum Gasteiger partial charge on any atom is 0.182 e. The maximum absolute atomic E-state index is 11.2. The van der Waals surface area contributed by atoms with E-state index in [1.807, 2.05) is 16.7 Å². The van der Waals surface area contributed by atoms with Gasteiger partial charge in [0.15, 0.2) is 11.5 Å². The molecule has 0 radical (unpaired) electrons. The van der Waals surface area contributed by atoms with Crippen LogP contribution in [0.3, 0.4) is 0 Å². The van der Waals surface area contributed by atoms with Crippen LogP contribution in [0.2, 0.25) is 0 Å². The van der Waals surface area contributed by atoms with Crippen LogP contribution in [0.1, 0.15) is 11.1 Å². The monoisotopic (exact) mass is 443 g/mol. The van der Waals surface area contributed by atoms with E-state index in [1.54, 1.807) is 6.33 Å². The van der Waals surface area contributed by atoms with Crippen LogP contribution >= 0.6 is 0 Å². The average molecular weight is 444 g/mol. The number of imidazole rings is 1. The third-order valence-corrected chi connectivity index (χ3v) is 6.57. The molecule has 170 valence electrons. The van der Waals surface area contributed by atoms with Gasteiger partial charge in [0.2, 0.25) is 0 Å². The first-order valence-electron chi connectivity index (χ1n) is 11.2. The number of likely N-dealkylation sites (N-methyl/N-ethyl adjacent to an activating group) is 1. The van der Waals surface area contributed by atoms with Crippen molar-refractivity contribution in [2.24, 2.45) is 0 Å². The Kier molecular flexibility index (Phi) is 5.80. The van der Waals surface area contributed by atoms with E-state index in [-0.39, 0.29) is 5.54 Å². The molecule has 1 saturated heterocycles. The second-order valence-corrected chi connectivity index (χ2v) is 8.76. The molecular weight excluding hydrogens is 414 g/mol. The highest BCUT2D eigenvalue weighted by molar-refractivity contribution is 5.81. The molecule has 3 N–H and O–H groups in total. The van der Waals surface area contributed by atoms with E-state index in [9.17, 15) is 5.11 Å². The molecule has 1 aliphatic heterocycles. The number of nitrogens with two attached hydrogens (primary N) is 1. The summed E-state index contributed by atoms with van der Waals surface area (Å²) in [6.07, 6.45) is 2.45. The number of rotatable bonds is 6. The Bertz CT molecular complexity index is 1170. The predicted molar refractivity (Wildman–Crippen MR) is 128 cm³/mol. The van der Waals surface area contributed by atoms with Crippen LogP contribution in [0.15, 0.2) is 73.3 Å². The molecule has 2 aromatic carbocycles. The molecule has 1 atom stereocenters. The lowest BCUT2D eigenvalue weighted by Gasteiger charge is -2.51. The number of nitrogen functional groups attached to an aromatic ring is 1. The molecule has 1 fully saturated rings. The van der Waals surface area contributed by atoms with Crippen LogP contribution < -0.4 is 5.73 Å². The van der Waals surface area contributed by atoms with Gasteiger partial charge in [0.25, 0.3) is 0 Å². The number of piperazine rings is 1. The van der Waals surface area contributed by atoms with Gasteiger partial charge in [-0.05, 0) is 18.2 Å². The fourth-order valence-corrected chi connectivity index (χ4v) is 5.05. The number of anilines is 1. The van der Waals surface area contributed by atoms with E-state index in [0.717, 1.165) is 19.6 Å². The summed E-state index contributed by atoms with van der Waals surface area (Å²) in [5.41, 5.74) is 9.34. The standard InChI is InChI=1S/C25H29N7O/c1-30-12-13-32(15-21(33)14-31-18-29-24-22(31)23(26)27-17-28-24)25(16-30,19-8-4-2-5-9-19)20-10-6-3-7-11-20/h2-11,17-18,21,33H,12-16H2,1H3,(H2,26,27,28). The van der Waals surface area contributed by atoms with Gasteiger partial charge in [-0.15, -0.1) is 0 Å². The summed E-state index contributed by atoms with van der Waals surface area (Å²) >= 11 is 0. The summed E-state index contributed by atoms with van der Waals surface area (Å²) in [4.78, 5) is 17.4. The van der Waals surface area contributed by atoms with Crippen molar-refractivity contribution < 1.29 is 5.11 Å². The van der Waals surface area contributed by atoms with Gasteiger partial charge in [-0.2, -0.15) is 0 Å². The van der Waals surface area contributed by atoms with Gasteiger partial charge < -0.3 is 20.3 Å². The molecule has 33 heavy (non-hydrogen) atoms. The molecule has 1 aliphatic rings. The van der Waals surface area contributed by atoms with Crippen molar-refractivity contribution in [1.82, 2.24) is 29.3 Å². The highest BCUT2D eigenvalue weighted by Crippen LogP contribution is 2.39. The fourth-order valence-electron chi connectivity index (χ4n) is 5.05. The van der Waals surface area contributed by atoms with Crippen molar-refractivity contribution in [3.63, 3.8) is 0 Å². The van der Waals surface area contributed by atoms with Gasteiger partial charge in [-0.25, -0.2) is 15.0 Å². The minimum atomic E-state index is -0.628. The Morgan fingerprint density at radius 2 is 1.61 bits per heavy atom. The van der Waals surface area contributed by atoms with Crippen LogP contribution in [-0.2, 0) is 12.1 Å². The Morgan fingerprint density at radius 1 is 0.939 bits per heavy atom. The van der Waals surface area contributed by atoms with E-state index in [4.69, 9.17) is 5.73 Å². The van der Waals surface area contributed by atoms with Crippen LogP contribution in [-0.4, -0.2) is 73.8 Å². The molecule has 8 heteroatoms. The van der Waals surface area contributed by atoms with Crippen molar-refractivity contribution in [1.29, 1.82) is 0 Å². The number of fused-ring (bicyclic) bond motifs is 1. The Morgan fingerprint density at radius 3 is 2.27 bits per heavy atom. The number of benzene rings is 2. The minimum absolute atomic E-state index is 0.361. The summed E-state index contributed by atoms with van der Waals surface area (Å²) in [7, 11) is 2.16. The van der Waals surface area contributed by atoms with Gasteiger partial charge in [0.05, 0.1) is 24.5 Å². The molecule has 0 bridgehead atoms. The second kappa shape index (κ2) is 8.90. The Balaban J connectivity index is 1.49. The van der Waals surface area contributed by atoms with Crippen molar-refractivity contribution in [2.45, 2.75) is 18.2 Å². The molecule has 3 heterocycles. The maximum atomic E-state index is 11.2. The second-order valence-electron chi connectivity index (χ2n) is 8.76. The average Bonchev–Trinajstić information content (AvgIpc) is 3.25. The molecule has 2 aromatic heterocycles. The largest absolute Gasteiger partial charge is 0.390 e. The Hall–Kier alpha value is -3.33. The Labute approximate surface area is 193 Å². The van der Waals surface area contributed by atoms with Crippen molar-refractivity contribution in [2.75, 3.05) is 39.0 Å². The molecule has 4 aromatic rings. The normalized spacial score (nSPS) is 17.9. The van der Waals surface area contributed by atoms with Gasteiger partial charge in [-0.3, -0.25) is 4.90 Å². The predicted octanol–water partition coefficient (Wildman–Crippen LogP) is 1.96. The lowest BCUT2D eigenvalue weighted by molar-refractivity contribution is -0.00636. The zero-order chi connectivity index (χ0) is 22.8. The molecular formula is C25H29N7O. The number of hydrogen-bond donors (Lipinski definition) is 2. The summed E-state index contributed by atoms with van der Waals surface area (Å²) in [6.45, 7) is 3.48. The molecule has 0 aliphatic carbocycles. The molecule has 0 amide bonds. The van der Waals surface area contributed by atoms with Crippen molar-refractivity contribution in [3.05, 3.63) is 84.4 Å². The zero-order valence-corrected chi connectivity index (χ0v) is 18.7. The number of aliphatic hydroxyl groups excluding tert-OH is 1. The molecule has 0 spiro atoms. The molecule has 5 rings (SSSR count). The SMILES string of the molecule is CN1CCN(CC(O)Cn2cnc3ncnc(N)c32)C(c2ccccc2)(c2ccccc2)C1. The van der Waals surface area contributed by atoms with Gasteiger partial charge in [0.1, 0.15) is 11.8 Å². The highest BCUT2D eigenvalue weighted by atomic mass is 16.3. The van der Waals surface area contributed by atoms with Crippen LogP contribution in [0.4, 0.5) is 5.82 Å². The van der Waals surface area contributed by atoms with Crippen molar-refractivity contribution >= 4 is 17.0 Å². The third kappa shape index (κ3) is 3.97. The number of aliphatic hydroxyl groups is 1. The van der Waals surface area contributed by atoms with Crippen molar-refractivity contribution in [3.8, 4) is 0 Å². The first-order valence-corrected chi connectivity index (χ1v) is 11.2. The van der Waals surface area contributed by atoms with E-state index in [0.29, 0.717) is 30.1 Å². The number of β-amino-alcohol motifs (C(OH)–C–C–N with tert-alkyl or cyclic N) is 1. The first kappa shape index (κ1) is 21.5. The van der Waals surface area contributed by atoms with E-state index in [1.165, 1.54) is 17.5 Å². The van der Waals surface area contributed by atoms with E-state index >= 15 is 0 Å². The highest BCUT2D eigenvalue weighted by Gasteiger charge is 2.44. The third-order valence-electron chi connectivity index (χ3n) is 6.57. The summed E-state index contributed by atoms with van der Waals surface area (Å²) < 4.78 is 1.85. The van der Waals surface area contributed by atoms with Gasteiger partial charge >= 0.3 is 0 Å². The lowest BCUT2D eigenvalue weighted by Crippen LogP contribution is -2.61. The summed E-state index contributed by atoms with van der Waals surface area (Å²) in [6, 6.07) is 21.2. The minimum Gasteiger partial charge on any atom is -0.390 e. The van der Waals surface area contributed by atoms with Crippen LogP contribution in [0, 0.1) is 0 Å². The zero-order valence-electron chi connectivity index (χ0n) is 18.7.